The van der Waals surface area contributed by atoms with Gasteiger partial charge < -0.3 is 15.3 Å². The Morgan fingerprint density at radius 3 is 2.05 bits per heavy atom. The van der Waals surface area contributed by atoms with Crippen LogP contribution < -0.4 is 0 Å². The van der Waals surface area contributed by atoms with Crippen molar-refractivity contribution in [3.63, 3.8) is 0 Å². The summed E-state index contributed by atoms with van der Waals surface area (Å²) >= 11 is 3.59. The minimum atomic E-state index is -0.695. The zero-order valence-corrected chi connectivity index (χ0v) is 13.6. The first kappa shape index (κ1) is 17.6. The monoisotopic (exact) mass is 308 g/mol. The third-order valence-corrected chi connectivity index (χ3v) is 6.59. The topological polar surface area (TPSA) is 60.7 Å². The molecule has 0 aromatic carbocycles. The van der Waals surface area contributed by atoms with Gasteiger partial charge in [-0.25, -0.2) is 0 Å². The molecule has 0 bridgehead atoms. The van der Waals surface area contributed by atoms with Crippen molar-refractivity contribution in [2.45, 2.75) is 56.3 Å². The predicted molar refractivity (Wildman–Crippen MR) is 84.6 cm³/mol. The van der Waals surface area contributed by atoms with Crippen molar-refractivity contribution in [1.29, 1.82) is 0 Å². The molecule has 0 spiro atoms. The zero-order valence-electron chi connectivity index (χ0n) is 12.0. The second-order valence-electron chi connectivity index (χ2n) is 5.20. The highest BCUT2D eigenvalue weighted by molar-refractivity contribution is 8.17. The van der Waals surface area contributed by atoms with Crippen LogP contribution in [-0.2, 0) is 0 Å². The van der Waals surface area contributed by atoms with Crippen LogP contribution in [-0.4, -0.2) is 50.2 Å². The van der Waals surface area contributed by atoms with E-state index in [1.807, 2.05) is 0 Å². The summed E-state index contributed by atoms with van der Waals surface area (Å²) in [5, 5.41) is 29.4. The number of rotatable bonds is 10. The van der Waals surface area contributed by atoms with Crippen molar-refractivity contribution in [2.24, 2.45) is 11.8 Å². The molecule has 1 aliphatic rings. The molecule has 0 heterocycles. The van der Waals surface area contributed by atoms with E-state index in [1.165, 1.54) is 6.42 Å². The van der Waals surface area contributed by atoms with Crippen LogP contribution in [0.15, 0.2) is 0 Å². The number of aliphatic hydroxyl groups excluding tert-OH is 3. The van der Waals surface area contributed by atoms with E-state index in [0.29, 0.717) is 12.3 Å². The summed E-state index contributed by atoms with van der Waals surface area (Å²) in [7, 11) is 0. The molecule has 0 aromatic heterocycles. The molecular weight excluding hydrogens is 280 g/mol. The highest BCUT2D eigenvalue weighted by Gasteiger charge is 2.37. The summed E-state index contributed by atoms with van der Waals surface area (Å²) < 4.78 is 0.187. The van der Waals surface area contributed by atoms with Crippen LogP contribution in [0.25, 0.3) is 0 Å². The molecule has 0 radical (unpaired) electrons. The molecular formula is C14H28O3S2. The summed E-state index contributed by atoms with van der Waals surface area (Å²) in [6.45, 7) is 4.02. The lowest BCUT2D eigenvalue weighted by molar-refractivity contribution is 0.000526. The van der Waals surface area contributed by atoms with E-state index in [1.54, 1.807) is 23.5 Å². The van der Waals surface area contributed by atoms with Gasteiger partial charge >= 0.3 is 0 Å². The molecule has 5 heteroatoms. The lowest BCUT2D eigenvalue weighted by Crippen LogP contribution is -2.40. The summed E-state index contributed by atoms with van der Waals surface area (Å²) in [5.41, 5.74) is 0. The molecule has 1 unspecified atom stereocenters. The van der Waals surface area contributed by atoms with Crippen LogP contribution in [0, 0.1) is 11.8 Å². The average molecular weight is 309 g/mol. The normalized spacial score (nSPS) is 21.2. The predicted octanol–water partition coefficient (Wildman–Crippen LogP) is 2.34. The Bertz CT molecular complexity index is 231. The molecule has 3 nitrogen and oxygen atoms in total. The second kappa shape index (κ2) is 9.50. The smallest absolute Gasteiger partial charge is 0.0781 e. The number of hydrogen-bond acceptors (Lipinski definition) is 5. The molecule has 3 N–H and O–H groups in total. The van der Waals surface area contributed by atoms with Gasteiger partial charge in [-0.05, 0) is 29.8 Å². The Morgan fingerprint density at radius 2 is 1.68 bits per heavy atom. The van der Waals surface area contributed by atoms with Crippen molar-refractivity contribution < 1.29 is 15.3 Å². The van der Waals surface area contributed by atoms with Gasteiger partial charge in [-0.2, -0.15) is 0 Å². The van der Waals surface area contributed by atoms with Crippen molar-refractivity contribution >= 4 is 23.5 Å². The second-order valence-corrected chi connectivity index (χ2v) is 8.33. The van der Waals surface area contributed by atoms with Crippen molar-refractivity contribution in [1.82, 2.24) is 0 Å². The summed E-state index contributed by atoms with van der Waals surface area (Å²) in [5.74, 6) is 2.64. The average Bonchev–Trinajstić information content (AvgIpc) is 2.34. The van der Waals surface area contributed by atoms with Gasteiger partial charge in [0.25, 0.3) is 0 Å². The third-order valence-electron chi connectivity index (χ3n) is 3.89. The van der Waals surface area contributed by atoms with Crippen LogP contribution in [0.4, 0.5) is 0 Å². The molecule has 0 aliphatic heterocycles. The first-order chi connectivity index (χ1) is 9.13. The Morgan fingerprint density at radius 1 is 1.11 bits per heavy atom. The minimum absolute atomic E-state index is 0.124. The van der Waals surface area contributed by atoms with E-state index in [0.717, 1.165) is 24.3 Å². The quantitative estimate of drug-likeness (QED) is 0.541. The molecule has 1 fully saturated rings. The van der Waals surface area contributed by atoms with Crippen LogP contribution in [0.5, 0.6) is 0 Å². The largest absolute Gasteiger partial charge is 0.394 e. The Balaban J connectivity index is 2.64. The van der Waals surface area contributed by atoms with Crippen molar-refractivity contribution in [3.05, 3.63) is 0 Å². The molecule has 1 rings (SSSR count). The van der Waals surface area contributed by atoms with Gasteiger partial charge in [-0.15, -0.1) is 23.5 Å². The molecule has 0 amide bonds. The Kier molecular flexibility index (Phi) is 8.82. The van der Waals surface area contributed by atoms with E-state index >= 15 is 0 Å². The molecule has 0 aromatic rings. The van der Waals surface area contributed by atoms with Crippen LogP contribution in [0.3, 0.4) is 0 Å². The molecule has 114 valence electrons. The highest BCUT2D eigenvalue weighted by Crippen LogP contribution is 2.42. The van der Waals surface area contributed by atoms with E-state index in [9.17, 15) is 10.2 Å². The SMILES string of the molecule is CCSC(SCC)[C@H](O)C(C[C@H](O)CO)C1CCC1. The van der Waals surface area contributed by atoms with Gasteiger partial charge in [0, 0.05) is 0 Å². The summed E-state index contributed by atoms with van der Waals surface area (Å²) in [4.78, 5) is 0. The fourth-order valence-corrected chi connectivity index (χ4v) is 5.30. The third kappa shape index (κ3) is 5.46. The zero-order chi connectivity index (χ0) is 14.3. The van der Waals surface area contributed by atoms with Crippen LogP contribution in [0.2, 0.25) is 0 Å². The first-order valence-electron chi connectivity index (χ1n) is 7.34. The number of thioether (sulfide) groups is 2. The number of aliphatic hydroxyl groups is 3. The van der Waals surface area contributed by atoms with E-state index in [4.69, 9.17) is 5.11 Å². The molecule has 3 atom stereocenters. The van der Waals surface area contributed by atoms with E-state index in [2.05, 4.69) is 13.8 Å². The van der Waals surface area contributed by atoms with Gasteiger partial charge in [0.15, 0.2) is 0 Å². The van der Waals surface area contributed by atoms with Crippen molar-refractivity contribution in [2.75, 3.05) is 18.1 Å². The van der Waals surface area contributed by atoms with Gasteiger partial charge in [-0.1, -0.05) is 33.1 Å². The maximum absolute atomic E-state index is 10.7. The fourth-order valence-electron chi connectivity index (χ4n) is 2.64. The van der Waals surface area contributed by atoms with Crippen molar-refractivity contribution in [3.8, 4) is 0 Å². The van der Waals surface area contributed by atoms with Crippen LogP contribution >= 0.6 is 23.5 Å². The highest BCUT2D eigenvalue weighted by atomic mass is 32.2. The van der Waals surface area contributed by atoms with E-state index < -0.39 is 6.10 Å². The lowest BCUT2D eigenvalue weighted by atomic mass is 9.71. The molecule has 1 saturated carbocycles. The minimum Gasteiger partial charge on any atom is -0.394 e. The van der Waals surface area contributed by atoms with Crippen LogP contribution in [0.1, 0.15) is 39.5 Å². The fraction of sp³-hybridized carbons (Fsp3) is 1.00. The van der Waals surface area contributed by atoms with Gasteiger partial charge in [-0.3, -0.25) is 0 Å². The van der Waals surface area contributed by atoms with Gasteiger partial charge in [0.1, 0.15) is 0 Å². The van der Waals surface area contributed by atoms with E-state index in [-0.39, 0.29) is 23.2 Å². The Hall–Kier alpha value is 0.580. The summed E-state index contributed by atoms with van der Waals surface area (Å²) in [6.07, 6.45) is 2.98. The maximum Gasteiger partial charge on any atom is 0.0781 e. The summed E-state index contributed by atoms with van der Waals surface area (Å²) in [6, 6.07) is 0. The van der Waals surface area contributed by atoms with Gasteiger partial charge in [0.2, 0.25) is 0 Å². The maximum atomic E-state index is 10.7. The Labute approximate surface area is 125 Å². The number of hydrogen-bond donors (Lipinski definition) is 3. The first-order valence-corrected chi connectivity index (χ1v) is 9.43. The molecule has 0 saturated heterocycles. The standard InChI is InChI=1S/C14H28O3S2/c1-3-18-14(19-4-2)13(17)12(8-11(16)9-15)10-6-5-7-10/h10-17H,3-9H2,1-2H3/t11-,12?,13+/m0/s1. The van der Waals surface area contributed by atoms with Gasteiger partial charge in [0.05, 0.1) is 23.4 Å². The molecule has 19 heavy (non-hydrogen) atoms. The molecule has 1 aliphatic carbocycles. The lowest BCUT2D eigenvalue weighted by Gasteiger charge is -2.40.